The van der Waals surface area contributed by atoms with Gasteiger partial charge in [-0.3, -0.25) is 5.10 Å². The van der Waals surface area contributed by atoms with Crippen LogP contribution in [0.5, 0.6) is 0 Å². The molecule has 8 heteroatoms. The van der Waals surface area contributed by atoms with Crippen molar-refractivity contribution in [3.63, 3.8) is 0 Å². The molecule has 3 N–H and O–H groups in total. The van der Waals surface area contributed by atoms with Gasteiger partial charge in [0, 0.05) is 23.9 Å². The van der Waals surface area contributed by atoms with Gasteiger partial charge in [-0.25, -0.2) is 13.1 Å². The number of aromatic nitrogens is 2. The fourth-order valence-corrected chi connectivity index (χ4v) is 4.67. The summed E-state index contributed by atoms with van der Waals surface area (Å²) in [5, 5.41) is 10.3. The first kappa shape index (κ1) is 15.3. The van der Waals surface area contributed by atoms with E-state index in [4.69, 9.17) is 0 Å². The number of rotatable bonds is 8. The van der Waals surface area contributed by atoms with Gasteiger partial charge >= 0.3 is 0 Å². The molecule has 0 atom stereocenters. The lowest BCUT2D eigenvalue weighted by Crippen LogP contribution is -2.33. The third-order valence-electron chi connectivity index (χ3n) is 4.19. The van der Waals surface area contributed by atoms with Crippen molar-refractivity contribution in [2.75, 3.05) is 12.8 Å². The Morgan fingerprint density at radius 3 is 2.71 bits per heavy atom. The molecule has 2 aliphatic rings. The number of aromatic amines is 1. The van der Waals surface area contributed by atoms with Gasteiger partial charge in [0.15, 0.2) is 0 Å². The summed E-state index contributed by atoms with van der Waals surface area (Å²) in [6.07, 6.45) is 6.53. The molecule has 2 aliphatic carbocycles. The zero-order valence-electron chi connectivity index (χ0n) is 12.4. The van der Waals surface area contributed by atoms with Crippen molar-refractivity contribution in [2.45, 2.75) is 54.8 Å². The van der Waals surface area contributed by atoms with Crippen molar-refractivity contribution < 1.29 is 8.42 Å². The van der Waals surface area contributed by atoms with Crippen molar-refractivity contribution in [1.29, 1.82) is 0 Å². The van der Waals surface area contributed by atoms with E-state index >= 15 is 0 Å². The lowest BCUT2D eigenvalue weighted by Gasteiger charge is -2.14. The molecule has 0 saturated heterocycles. The van der Waals surface area contributed by atoms with Crippen molar-refractivity contribution in [3.05, 3.63) is 11.4 Å². The molecule has 0 amide bonds. The first-order valence-electron chi connectivity index (χ1n) is 7.28. The van der Waals surface area contributed by atoms with Gasteiger partial charge < -0.3 is 5.32 Å². The summed E-state index contributed by atoms with van der Waals surface area (Å²) in [6, 6.07) is 0.525. The molecule has 0 bridgehead atoms. The molecular weight excluding hydrogens is 308 g/mol. The third kappa shape index (κ3) is 3.44. The van der Waals surface area contributed by atoms with Gasteiger partial charge in [-0.15, -0.1) is 0 Å². The first-order valence-corrected chi connectivity index (χ1v) is 9.99. The normalized spacial score (nSPS) is 20.7. The zero-order chi connectivity index (χ0) is 15.1. The SMILES string of the molecule is CSC1(CNS(=O)(=O)c2c(CNC3CC3)n[nH]c2C)CC1. The van der Waals surface area contributed by atoms with Crippen LogP contribution in [0.4, 0.5) is 0 Å². The van der Waals surface area contributed by atoms with Crippen LogP contribution in [0, 0.1) is 6.92 Å². The van der Waals surface area contributed by atoms with Gasteiger partial charge in [0.1, 0.15) is 4.90 Å². The Bertz CT molecular complexity index is 618. The Balaban J connectivity index is 1.72. The minimum atomic E-state index is -3.51. The summed E-state index contributed by atoms with van der Waals surface area (Å²) in [5.74, 6) is 0. The van der Waals surface area contributed by atoms with Crippen LogP contribution in [-0.2, 0) is 16.6 Å². The van der Waals surface area contributed by atoms with Crippen LogP contribution in [0.1, 0.15) is 37.1 Å². The van der Waals surface area contributed by atoms with E-state index in [1.165, 1.54) is 12.8 Å². The Hall–Kier alpha value is -0.570. The number of aryl methyl sites for hydroxylation is 1. The average molecular weight is 330 g/mol. The molecule has 2 fully saturated rings. The highest BCUT2D eigenvalue weighted by atomic mass is 32.2. The van der Waals surface area contributed by atoms with E-state index in [2.05, 4.69) is 20.2 Å². The molecule has 1 aromatic rings. The summed E-state index contributed by atoms with van der Waals surface area (Å²) in [7, 11) is -3.51. The van der Waals surface area contributed by atoms with Crippen LogP contribution in [-0.4, -0.2) is 42.2 Å². The van der Waals surface area contributed by atoms with E-state index in [1.54, 1.807) is 18.7 Å². The highest BCUT2D eigenvalue weighted by Gasteiger charge is 2.43. The maximum Gasteiger partial charge on any atom is 0.244 e. The average Bonchev–Trinajstić information content (AvgIpc) is 3.35. The monoisotopic (exact) mass is 330 g/mol. The number of H-pyrrole nitrogens is 1. The highest BCUT2D eigenvalue weighted by Crippen LogP contribution is 2.46. The van der Waals surface area contributed by atoms with Crippen LogP contribution in [0.25, 0.3) is 0 Å². The van der Waals surface area contributed by atoms with Crippen LogP contribution in [0.2, 0.25) is 0 Å². The second kappa shape index (κ2) is 5.57. The predicted molar refractivity (Wildman–Crippen MR) is 83.9 cm³/mol. The summed E-state index contributed by atoms with van der Waals surface area (Å²) in [4.78, 5) is 0.313. The van der Waals surface area contributed by atoms with Gasteiger partial charge in [0.25, 0.3) is 0 Å². The maximum atomic E-state index is 12.6. The minimum Gasteiger partial charge on any atom is -0.308 e. The molecule has 3 rings (SSSR count). The second-order valence-electron chi connectivity index (χ2n) is 5.99. The summed E-state index contributed by atoms with van der Waals surface area (Å²) < 4.78 is 28.0. The molecule has 118 valence electrons. The van der Waals surface area contributed by atoms with Gasteiger partial charge in [-0.1, -0.05) is 0 Å². The Kier molecular flexibility index (Phi) is 4.06. The van der Waals surface area contributed by atoms with Crippen LogP contribution in [0.15, 0.2) is 4.90 Å². The predicted octanol–water partition coefficient (Wildman–Crippen LogP) is 1.14. The number of thioether (sulfide) groups is 1. The molecule has 2 saturated carbocycles. The summed E-state index contributed by atoms with van der Waals surface area (Å²) >= 11 is 1.74. The van der Waals surface area contributed by atoms with Crippen LogP contribution < -0.4 is 10.0 Å². The van der Waals surface area contributed by atoms with E-state index in [0.717, 1.165) is 12.8 Å². The molecule has 21 heavy (non-hydrogen) atoms. The fraction of sp³-hybridized carbons (Fsp3) is 0.769. The highest BCUT2D eigenvalue weighted by molar-refractivity contribution is 8.00. The molecule has 6 nitrogen and oxygen atoms in total. The van der Waals surface area contributed by atoms with Crippen molar-refractivity contribution >= 4 is 21.8 Å². The standard InChI is InChI=1S/C13H22N4O2S2/c1-9-12(11(17-16-9)7-14-10-3-4-10)21(18,19)15-8-13(20-2)5-6-13/h10,14-15H,3-8H2,1-2H3,(H,16,17). The van der Waals surface area contributed by atoms with Gasteiger partial charge in [-0.05, 0) is 38.9 Å². The molecule has 0 aliphatic heterocycles. The fourth-order valence-electron chi connectivity index (χ4n) is 2.37. The van der Waals surface area contributed by atoms with Gasteiger partial charge in [0.2, 0.25) is 10.0 Å². The number of nitrogens with one attached hydrogen (secondary N) is 3. The molecule has 1 aromatic heterocycles. The number of hydrogen-bond donors (Lipinski definition) is 3. The lowest BCUT2D eigenvalue weighted by atomic mass is 10.3. The van der Waals surface area contributed by atoms with Crippen LogP contribution in [0.3, 0.4) is 0 Å². The van der Waals surface area contributed by atoms with Crippen molar-refractivity contribution in [1.82, 2.24) is 20.2 Å². The summed E-state index contributed by atoms with van der Waals surface area (Å²) in [6.45, 7) is 2.75. The van der Waals surface area contributed by atoms with E-state index in [9.17, 15) is 8.42 Å². The molecule has 0 unspecified atom stereocenters. The van der Waals surface area contributed by atoms with Crippen molar-refractivity contribution in [2.24, 2.45) is 0 Å². The zero-order valence-corrected chi connectivity index (χ0v) is 14.0. The smallest absolute Gasteiger partial charge is 0.244 e. The van der Waals surface area contributed by atoms with E-state index in [-0.39, 0.29) is 4.75 Å². The molecule has 1 heterocycles. The summed E-state index contributed by atoms with van der Waals surface area (Å²) in [5.41, 5.74) is 1.19. The largest absolute Gasteiger partial charge is 0.308 e. The molecule has 0 radical (unpaired) electrons. The number of sulfonamides is 1. The lowest BCUT2D eigenvalue weighted by molar-refractivity contribution is 0.575. The Morgan fingerprint density at radius 1 is 1.43 bits per heavy atom. The van der Waals surface area contributed by atoms with Gasteiger partial charge in [0.05, 0.1) is 11.4 Å². The second-order valence-corrected chi connectivity index (χ2v) is 8.97. The third-order valence-corrected chi connectivity index (χ3v) is 7.21. The van der Waals surface area contributed by atoms with E-state index in [0.29, 0.717) is 35.4 Å². The molecular formula is C13H22N4O2S2. The number of nitrogens with zero attached hydrogens (tertiary/aromatic N) is 1. The Morgan fingerprint density at radius 2 is 2.14 bits per heavy atom. The van der Waals surface area contributed by atoms with Crippen LogP contribution >= 0.6 is 11.8 Å². The van der Waals surface area contributed by atoms with Gasteiger partial charge in [-0.2, -0.15) is 16.9 Å². The van der Waals surface area contributed by atoms with E-state index < -0.39 is 10.0 Å². The topological polar surface area (TPSA) is 86.9 Å². The molecule has 0 spiro atoms. The number of hydrogen-bond acceptors (Lipinski definition) is 5. The Labute approximate surface area is 129 Å². The first-order chi connectivity index (χ1) is 9.96. The van der Waals surface area contributed by atoms with E-state index in [1.807, 2.05) is 6.26 Å². The molecule has 0 aromatic carbocycles. The van der Waals surface area contributed by atoms with Crippen molar-refractivity contribution in [3.8, 4) is 0 Å². The minimum absolute atomic E-state index is 0.108. The quantitative estimate of drug-likeness (QED) is 0.665. The maximum absolute atomic E-state index is 12.6.